The van der Waals surface area contributed by atoms with Crippen molar-refractivity contribution in [3.05, 3.63) is 35.4 Å². The summed E-state index contributed by atoms with van der Waals surface area (Å²) in [7, 11) is 0. The Bertz CT molecular complexity index is 894. The second kappa shape index (κ2) is 16.1. The van der Waals surface area contributed by atoms with E-state index < -0.39 is 35.6 Å². The minimum absolute atomic E-state index is 0.115. The predicted octanol–water partition coefficient (Wildman–Crippen LogP) is 3.48. The van der Waals surface area contributed by atoms with Crippen LogP contribution < -0.4 is 10.6 Å². The number of alkyl carbamates (subject to hydrolysis) is 1. The second-order valence-corrected chi connectivity index (χ2v) is 10.4. The fraction of sp³-hybridized carbons (Fsp3) is 0.593. The first kappa shape index (κ1) is 31.3. The fourth-order valence-electron chi connectivity index (χ4n) is 3.62. The maximum Gasteiger partial charge on any atom is 0.408 e. The lowest BCUT2D eigenvalue weighted by Crippen LogP contribution is -2.54. The van der Waals surface area contributed by atoms with E-state index in [9.17, 15) is 19.5 Å². The number of amides is 3. The average molecular weight is 520 g/mol. The van der Waals surface area contributed by atoms with Crippen LogP contribution in [0.1, 0.15) is 70.5 Å². The number of aliphatic hydroxyl groups is 1. The number of nitrogens with zero attached hydrogens (tertiary/aromatic N) is 1. The van der Waals surface area contributed by atoms with Crippen LogP contribution in [0.25, 0.3) is 0 Å². The first-order valence-electron chi connectivity index (χ1n) is 12.3. The molecule has 0 aliphatic heterocycles. The number of carbonyl (C=O) groups excluding carboxylic acids is 3. The molecule has 0 saturated carbocycles. The molecule has 0 bridgehead atoms. The average Bonchev–Trinajstić information content (AvgIpc) is 2.82. The van der Waals surface area contributed by atoms with Gasteiger partial charge in [-0.2, -0.15) is 11.8 Å². The number of hydrogen-bond donors (Lipinski definition) is 3. The normalized spacial score (nSPS) is 12.7. The lowest BCUT2D eigenvalue weighted by atomic mass is 9.97. The van der Waals surface area contributed by atoms with Crippen molar-refractivity contribution in [2.75, 3.05) is 31.7 Å². The molecule has 200 valence electrons. The van der Waals surface area contributed by atoms with Gasteiger partial charge in [0.25, 0.3) is 0 Å². The number of terminal acetylenes is 1. The van der Waals surface area contributed by atoms with Crippen molar-refractivity contribution < 1.29 is 24.2 Å². The van der Waals surface area contributed by atoms with Gasteiger partial charge in [0.15, 0.2) is 0 Å². The van der Waals surface area contributed by atoms with Crippen LogP contribution in [0.4, 0.5) is 4.79 Å². The van der Waals surface area contributed by atoms with E-state index in [-0.39, 0.29) is 13.2 Å². The van der Waals surface area contributed by atoms with Gasteiger partial charge in [0.2, 0.25) is 11.8 Å². The van der Waals surface area contributed by atoms with Crippen LogP contribution in [0.15, 0.2) is 24.3 Å². The molecule has 0 fully saturated rings. The summed E-state index contributed by atoms with van der Waals surface area (Å²) in [4.78, 5) is 41.1. The minimum Gasteiger partial charge on any atom is -0.444 e. The summed E-state index contributed by atoms with van der Waals surface area (Å²) in [6.45, 7) is 7.25. The largest absolute Gasteiger partial charge is 0.444 e. The molecular weight excluding hydrogens is 478 g/mol. The Kier molecular flexibility index (Phi) is 14.0. The molecule has 0 spiro atoms. The van der Waals surface area contributed by atoms with Crippen LogP contribution in [0, 0.1) is 12.3 Å². The zero-order chi connectivity index (χ0) is 27.1. The van der Waals surface area contributed by atoms with Crippen LogP contribution >= 0.6 is 11.8 Å². The van der Waals surface area contributed by atoms with Crippen LogP contribution in [0.5, 0.6) is 0 Å². The molecule has 1 rings (SSSR count). The number of ether oxygens (including phenoxy) is 1. The number of thioether (sulfide) groups is 1. The number of benzene rings is 1. The Morgan fingerprint density at radius 1 is 1.22 bits per heavy atom. The summed E-state index contributed by atoms with van der Waals surface area (Å²) < 4.78 is 5.36. The molecule has 36 heavy (non-hydrogen) atoms. The van der Waals surface area contributed by atoms with E-state index in [0.29, 0.717) is 29.8 Å². The third kappa shape index (κ3) is 10.5. The first-order chi connectivity index (χ1) is 17.1. The Morgan fingerprint density at radius 2 is 1.92 bits per heavy atom. The summed E-state index contributed by atoms with van der Waals surface area (Å²) in [5, 5.41) is 15.4. The Labute approximate surface area is 219 Å². The van der Waals surface area contributed by atoms with E-state index in [2.05, 4.69) is 23.5 Å². The van der Waals surface area contributed by atoms with Crippen molar-refractivity contribution in [2.24, 2.45) is 0 Å². The van der Waals surface area contributed by atoms with Gasteiger partial charge in [-0.1, -0.05) is 43.9 Å². The highest BCUT2D eigenvalue weighted by atomic mass is 32.2. The molecule has 2 unspecified atom stereocenters. The van der Waals surface area contributed by atoms with Gasteiger partial charge in [-0.15, -0.1) is 6.42 Å². The zero-order valence-corrected chi connectivity index (χ0v) is 23.0. The van der Waals surface area contributed by atoms with Crippen LogP contribution in [0.2, 0.25) is 0 Å². The number of aliphatic hydroxyl groups excluding tert-OH is 1. The number of rotatable bonds is 14. The zero-order valence-electron chi connectivity index (χ0n) is 22.1. The van der Waals surface area contributed by atoms with Gasteiger partial charge in [-0.05, 0) is 57.3 Å². The maximum atomic E-state index is 13.8. The Balaban J connectivity index is 3.41. The molecule has 1 aromatic carbocycles. The van der Waals surface area contributed by atoms with Gasteiger partial charge >= 0.3 is 6.09 Å². The predicted molar refractivity (Wildman–Crippen MR) is 145 cm³/mol. The molecule has 3 amide bonds. The van der Waals surface area contributed by atoms with E-state index in [1.807, 2.05) is 6.26 Å². The van der Waals surface area contributed by atoms with Gasteiger partial charge < -0.3 is 25.4 Å². The van der Waals surface area contributed by atoms with Crippen molar-refractivity contribution in [3.63, 3.8) is 0 Å². The molecule has 0 aromatic heterocycles. The van der Waals surface area contributed by atoms with Crippen molar-refractivity contribution in [2.45, 2.75) is 71.1 Å². The van der Waals surface area contributed by atoms with E-state index in [4.69, 9.17) is 11.2 Å². The first-order valence-corrected chi connectivity index (χ1v) is 13.7. The third-order valence-corrected chi connectivity index (χ3v) is 5.92. The standard InChI is InChI=1S/C27H41N3O5S/c1-7-9-12-16-28-24(32)23(21-14-11-10-13-20(21)8-2)30(17-18-31)25(33)22(15-19-36-6)29-26(34)35-27(3,4)5/h2,10-11,13-14,22-23,31H,7,9,12,15-19H2,1,3-6H3,(H,28,32)(H,29,34). The summed E-state index contributed by atoms with van der Waals surface area (Å²) in [6.07, 6.45) is 9.98. The van der Waals surface area contributed by atoms with Gasteiger partial charge in [0, 0.05) is 18.7 Å². The third-order valence-electron chi connectivity index (χ3n) is 5.27. The molecule has 0 heterocycles. The monoisotopic (exact) mass is 519 g/mol. The lowest BCUT2D eigenvalue weighted by molar-refractivity contribution is -0.143. The van der Waals surface area contributed by atoms with Gasteiger partial charge in [-0.3, -0.25) is 9.59 Å². The molecule has 0 radical (unpaired) electrons. The summed E-state index contributed by atoms with van der Waals surface area (Å²) in [5.74, 6) is 2.29. The summed E-state index contributed by atoms with van der Waals surface area (Å²) in [6, 6.07) is 4.90. The van der Waals surface area contributed by atoms with E-state index in [1.54, 1.807) is 45.0 Å². The SMILES string of the molecule is C#Cc1ccccc1C(C(=O)NCCCCC)N(CCO)C(=O)C(CCSC)NC(=O)OC(C)(C)C. The molecule has 0 aliphatic carbocycles. The highest BCUT2D eigenvalue weighted by Crippen LogP contribution is 2.26. The summed E-state index contributed by atoms with van der Waals surface area (Å²) in [5.41, 5.74) is 0.215. The van der Waals surface area contributed by atoms with Crippen molar-refractivity contribution in [1.29, 1.82) is 0 Å². The molecule has 0 aliphatic rings. The minimum atomic E-state index is -1.07. The molecular formula is C27H41N3O5S. The highest BCUT2D eigenvalue weighted by Gasteiger charge is 2.36. The van der Waals surface area contributed by atoms with Crippen LogP contribution in [-0.4, -0.2) is 71.3 Å². The smallest absolute Gasteiger partial charge is 0.408 e. The van der Waals surface area contributed by atoms with Crippen molar-refractivity contribution in [1.82, 2.24) is 15.5 Å². The molecule has 9 heteroatoms. The second-order valence-electron chi connectivity index (χ2n) is 9.37. The molecule has 0 saturated heterocycles. The van der Waals surface area contributed by atoms with E-state index in [0.717, 1.165) is 19.3 Å². The molecule has 1 aromatic rings. The van der Waals surface area contributed by atoms with Crippen LogP contribution in [-0.2, 0) is 14.3 Å². The number of carbonyl (C=O) groups is 3. The highest BCUT2D eigenvalue weighted by molar-refractivity contribution is 7.98. The number of nitrogens with one attached hydrogen (secondary N) is 2. The van der Waals surface area contributed by atoms with E-state index in [1.165, 1.54) is 16.7 Å². The molecule has 3 N–H and O–H groups in total. The van der Waals surface area contributed by atoms with E-state index >= 15 is 0 Å². The topological polar surface area (TPSA) is 108 Å². The van der Waals surface area contributed by atoms with Gasteiger partial charge in [0.05, 0.1) is 6.61 Å². The quantitative estimate of drug-likeness (QED) is 0.257. The molecule has 8 nitrogen and oxygen atoms in total. The fourth-order valence-corrected chi connectivity index (χ4v) is 4.09. The molecule has 2 atom stereocenters. The van der Waals surface area contributed by atoms with Gasteiger partial charge in [0.1, 0.15) is 17.7 Å². The number of unbranched alkanes of at least 4 members (excludes halogenated alkanes) is 2. The maximum absolute atomic E-state index is 13.8. The van der Waals surface area contributed by atoms with Crippen molar-refractivity contribution >= 4 is 29.7 Å². The summed E-state index contributed by atoms with van der Waals surface area (Å²) >= 11 is 1.53. The number of hydrogen-bond acceptors (Lipinski definition) is 6. The van der Waals surface area contributed by atoms with Gasteiger partial charge in [-0.25, -0.2) is 4.79 Å². The lowest BCUT2D eigenvalue weighted by Gasteiger charge is -2.34. The Hall–Kier alpha value is -2.70. The van der Waals surface area contributed by atoms with Crippen LogP contribution in [0.3, 0.4) is 0 Å². The Morgan fingerprint density at radius 3 is 2.50 bits per heavy atom. The van der Waals surface area contributed by atoms with Crippen molar-refractivity contribution in [3.8, 4) is 12.3 Å².